The number of hydrogen-bond acceptors (Lipinski definition) is 2. The molecule has 1 saturated heterocycles. The number of carboxylic acid groups (broad SMARTS) is 1. The Morgan fingerprint density at radius 3 is 2.20 bits per heavy atom. The number of piperidine rings is 1. The lowest BCUT2D eigenvalue weighted by molar-refractivity contribution is -0.141. The van der Waals surface area contributed by atoms with Crippen LogP contribution in [0.25, 0.3) is 0 Å². The summed E-state index contributed by atoms with van der Waals surface area (Å²) in [5.41, 5.74) is 0.754. The number of benzene rings is 2. The first-order chi connectivity index (χ1) is 16.4. The lowest BCUT2D eigenvalue weighted by Gasteiger charge is -2.44. The van der Waals surface area contributed by atoms with Crippen LogP contribution in [0.5, 0.6) is 0 Å². The Hall–Kier alpha value is -2.55. The van der Waals surface area contributed by atoms with Crippen LogP contribution in [0.2, 0.25) is 0 Å². The van der Waals surface area contributed by atoms with Gasteiger partial charge in [-0.3, -0.25) is 9.69 Å². The minimum atomic E-state index is -4.50. The van der Waals surface area contributed by atoms with Crippen molar-refractivity contribution < 1.29 is 36.2 Å². The van der Waals surface area contributed by atoms with Gasteiger partial charge in [0.15, 0.2) is 0 Å². The van der Waals surface area contributed by atoms with Gasteiger partial charge in [-0.2, -0.15) is 26.3 Å². The summed E-state index contributed by atoms with van der Waals surface area (Å²) in [5, 5.41) is 9.24. The Balaban J connectivity index is 1.88. The summed E-state index contributed by atoms with van der Waals surface area (Å²) in [6.07, 6.45) is -8.08. The number of halogens is 6. The summed E-state index contributed by atoms with van der Waals surface area (Å²) >= 11 is 0. The predicted octanol–water partition coefficient (Wildman–Crippen LogP) is 7.28. The number of aliphatic carboxylic acids is 1. The van der Waals surface area contributed by atoms with Crippen LogP contribution in [-0.2, 0) is 17.4 Å². The molecule has 1 unspecified atom stereocenters. The van der Waals surface area contributed by atoms with Crippen molar-refractivity contribution in [1.82, 2.24) is 4.90 Å². The third kappa shape index (κ3) is 8.26. The number of aryl methyl sites for hydroxylation is 1. The Morgan fingerprint density at radius 2 is 1.63 bits per heavy atom. The van der Waals surface area contributed by atoms with Gasteiger partial charge in [0.1, 0.15) is 0 Å². The maximum Gasteiger partial charge on any atom is 0.416 e. The zero-order valence-corrected chi connectivity index (χ0v) is 19.2. The van der Waals surface area contributed by atoms with Gasteiger partial charge in [-0.1, -0.05) is 42.5 Å². The molecule has 1 fully saturated rings. The highest BCUT2D eigenvalue weighted by Gasteiger charge is 2.37. The van der Waals surface area contributed by atoms with E-state index >= 15 is 0 Å². The lowest BCUT2D eigenvalue weighted by atomic mass is 9.83. The second-order valence-corrected chi connectivity index (χ2v) is 9.19. The molecular formula is C26H29F6NO2. The molecule has 192 valence electrons. The second-order valence-electron chi connectivity index (χ2n) is 9.19. The van der Waals surface area contributed by atoms with Crippen LogP contribution in [0.4, 0.5) is 26.3 Å². The van der Waals surface area contributed by atoms with E-state index in [0.717, 1.165) is 17.7 Å². The fourth-order valence-electron chi connectivity index (χ4n) is 4.93. The number of carboxylic acids is 1. The smallest absolute Gasteiger partial charge is 0.416 e. The van der Waals surface area contributed by atoms with E-state index in [0.29, 0.717) is 37.8 Å². The number of hydrogen-bond donors (Lipinski definition) is 1. The van der Waals surface area contributed by atoms with Crippen molar-refractivity contribution in [3.63, 3.8) is 0 Å². The fraction of sp³-hybridized carbons (Fsp3) is 0.500. The number of carbonyl (C=O) groups is 1. The molecule has 0 amide bonds. The highest BCUT2D eigenvalue weighted by atomic mass is 19.4. The first kappa shape index (κ1) is 27.0. The van der Waals surface area contributed by atoms with Crippen LogP contribution in [0.15, 0.2) is 54.6 Å². The maximum absolute atomic E-state index is 13.1. The molecular weight excluding hydrogens is 472 g/mol. The molecule has 0 spiro atoms. The molecule has 1 N–H and O–H groups in total. The number of rotatable bonds is 9. The summed E-state index contributed by atoms with van der Waals surface area (Å²) in [7, 11) is 0. The van der Waals surface area contributed by atoms with Crippen molar-refractivity contribution in [2.45, 2.75) is 69.4 Å². The van der Waals surface area contributed by atoms with Crippen molar-refractivity contribution in [2.24, 2.45) is 5.92 Å². The molecule has 0 aromatic heterocycles. The van der Waals surface area contributed by atoms with Gasteiger partial charge in [-0.25, -0.2) is 0 Å². The van der Waals surface area contributed by atoms with Crippen molar-refractivity contribution >= 4 is 5.97 Å². The molecule has 2 aromatic carbocycles. The van der Waals surface area contributed by atoms with Gasteiger partial charge < -0.3 is 5.11 Å². The molecule has 2 aromatic rings. The molecule has 35 heavy (non-hydrogen) atoms. The highest BCUT2D eigenvalue weighted by Crippen LogP contribution is 2.40. The van der Waals surface area contributed by atoms with E-state index in [-0.39, 0.29) is 18.8 Å². The average molecular weight is 502 g/mol. The van der Waals surface area contributed by atoms with Gasteiger partial charge in [-0.15, -0.1) is 0 Å². The Morgan fingerprint density at radius 1 is 0.971 bits per heavy atom. The van der Waals surface area contributed by atoms with Crippen LogP contribution in [0.3, 0.4) is 0 Å². The van der Waals surface area contributed by atoms with Gasteiger partial charge in [0.05, 0.1) is 5.56 Å². The molecule has 0 bridgehead atoms. The van der Waals surface area contributed by atoms with Gasteiger partial charge in [0.25, 0.3) is 0 Å². The summed E-state index contributed by atoms with van der Waals surface area (Å²) in [4.78, 5) is 13.2. The van der Waals surface area contributed by atoms with Gasteiger partial charge >= 0.3 is 18.3 Å². The predicted molar refractivity (Wildman–Crippen MR) is 120 cm³/mol. The van der Waals surface area contributed by atoms with Crippen LogP contribution < -0.4 is 0 Å². The summed E-state index contributed by atoms with van der Waals surface area (Å²) < 4.78 is 78.6. The molecule has 1 aliphatic heterocycles. The van der Waals surface area contributed by atoms with E-state index < -0.39 is 42.4 Å². The van der Waals surface area contributed by atoms with E-state index in [2.05, 4.69) is 0 Å². The Bertz CT molecular complexity index is 943. The topological polar surface area (TPSA) is 40.5 Å². The number of nitrogens with zero attached hydrogens (tertiary/aromatic N) is 1. The lowest BCUT2D eigenvalue weighted by Crippen LogP contribution is -2.44. The van der Waals surface area contributed by atoms with Crippen LogP contribution in [-0.4, -0.2) is 34.7 Å². The molecule has 9 heteroatoms. The maximum atomic E-state index is 13.1. The van der Waals surface area contributed by atoms with Gasteiger partial charge in [0.2, 0.25) is 0 Å². The zero-order chi connectivity index (χ0) is 25.6. The zero-order valence-electron chi connectivity index (χ0n) is 19.2. The molecule has 3 nitrogen and oxygen atoms in total. The highest BCUT2D eigenvalue weighted by molar-refractivity contribution is 5.67. The van der Waals surface area contributed by atoms with E-state index in [9.17, 15) is 36.2 Å². The molecule has 3 atom stereocenters. The Kier molecular flexibility index (Phi) is 8.85. The molecule has 0 aliphatic carbocycles. The minimum Gasteiger partial charge on any atom is -0.481 e. The third-order valence-corrected chi connectivity index (χ3v) is 6.68. The standard InChI is InChI=1S/C26H29F6NO2/c27-25(28,29)14-12-22(11-6-18-4-2-1-3-5-18)33-15-13-19(17-24(34)35)16-23(33)20-7-9-21(10-8-20)26(30,31)32/h1-5,7-10,19,22-23H,6,11-17H2,(H,34,35)/t19?,22-,23+/m1/s1. The first-order valence-corrected chi connectivity index (χ1v) is 11.7. The fourth-order valence-corrected chi connectivity index (χ4v) is 4.93. The second kappa shape index (κ2) is 11.5. The molecule has 0 saturated carbocycles. The van der Waals surface area contributed by atoms with Crippen LogP contribution >= 0.6 is 0 Å². The summed E-state index contributed by atoms with van der Waals surface area (Å²) in [6, 6.07) is 13.2. The molecule has 1 heterocycles. The van der Waals surface area contributed by atoms with Crippen LogP contribution in [0.1, 0.15) is 61.3 Å². The van der Waals surface area contributed by atoms with Crippen molar-refractivity contribution in [3.8, 4) is 0 Å². The summed E-state index contributed by atoms with van der Waals surface area (Å²) in [6.45, 7) is 0.390. The van der Waals surface area contributed by atoms with Crippen molar-refractivity contribution in [1.29, 1.82) is 0 Å². The van der Waals surface area contributed by atoms with E-state index in [4.69, 9.17) is 0 Å². The van der Waals surface area contributed by atoms with E-state index in [1.165, 1.54) is 12.1 Å². The first-order valence-electron chi connectivity index (χ1n) is 11.7. The van der Waals surface area contributed by atoms with Gasteiger partial charge in [0, 0.05) is 24.9 Å². The SMILES string of the molecule is O=C(O)CC1CCN([C@H](CCc2ccccc2)CCC(F)(F)F)[C@H](c2ccc(C(F)(F)F)cc2)C1. The quantitative estimate of drug-likeness (QED) is 0.367. The number of likely N-dealkylation sites (tertiary alicyclic amines) is 1. The van der Waals surface area contributed by atoms with E-state index in [1.807, 2.05) is 35.2 Å². The van der Waals surface area contributed by atoms with Crippen LogP contribution in [0, 0.1) is 5.92 Å². The molecule has 3 rings (SSSR count). The van der Waals surface area contributed by atoms with Gasteiger partial charge in [-0.05, 0) is 67.8 Å². The Labute approximate surface area is 200 Å². The largest absolute Gasteiger partial charge is 0.481 e. The van der Waals surface area contributed by atoms with E-state index in [1.54, 1.807) is 0 Å². The third-order valence-electron chi connectivity index (χ3n) is 6.68. The molecule has 0 radical (unpaired) electrons. The monoisotopic (exact) mass is 501 g/mol. The van der Waals surface area contributed by atoms with Crippen molar-refractivity contribution in [2.75, 3.05) is 6.54 Å². The minimum absolute atomic E-state index is 0.0811. The van der Waals surface area contributed by atoms with Crippen molar-refractivity contribution in [3.05, 3.63) is 71.3 Å². The normalized spacial score (nSPS) is 20.5. The molecule has 1 aliphatic rings. The average Bonchev–Trinajstić information content (AvgIpc) is 2.78. The number of alkyl halides is 6. The summed E-state index contributed by atoms with van der Waals surface area (Å²) in [5.74, 6) is -1.17.